The predicted octanol–water partition coefficient (Wildman–Crippen LogP) is 2.12. The predicted molar refractivity (Wildman–Crippen MR) is 96.8 cm³/mol. The van der Waals surface area contributed by atoms with E-state index in [1.807, 2.05) is 24.3 Å². The van der Waals surface area contributed by atoms with Crippen LogP contribution in [0.15, 0.2) is 24.3 Å². The smallest absolute Gasteiger partial charge is 0.267 e. The first-order chi connectivity index (χ1) is 11.1. The fraction of sp³-hybridized carbons (Fsp3) is 0.438. The second-order valence-corrected chi connectivity index (χ2v) is 7.86. The second-order valence-electron chi connectivity index (χ2n) is 5.65. The molecule has 124 valence electrons. The molecule has 7 heteroatoms. The zero-order valence-electron chi connectivity index (χ0n) is 12.9. The monoisotopic (exact) mass is 352 g/mol. The molecular weight excluding hydrogens is 332 g/mol. The summed E-state index contributed by atoms with van der Waals surface area (Å²) in [6, 6.07) is 7.44. The number of carbonyl (C=O) groups excluding carboxylic acids is 1. The maximum Gasteiger partial charge on any atom is 0.267 e. The molecule has 2 heterocycles. The quantitative estimate of drug-likeness (QED) is 0.786. The number of aromatic nitrogens is 1. The van der Waals surface area contributed by atoms with E-state index >= 15 is 0 Å². The van der Waals surface area contributed by atoms with Crippen molar-refractivity contribution in [2.45, 2.75) is 5.60 Å². The number of aliphatic hydroxyl groups is 1. The van der Waals surface area contributed by atoms with Gasteiger partial charge in [-0.25, -0.2) is 0 Å². The van der Waals surface area contributed by atoms with Crippen molar-refractivity contribution in [1.29, 1.82) is 0 Å². The Labute approximate surface area is 143 Å². The van der Waals surface area contributed by atoms with Gasteiger partial charge in [-0.2, -0.15) is 23.5 Å². The highest BCUT2D eigenvalue weighted by Crippen LogP contribution is 2.25. The van der Waals surface area contributed by atoms with Crippen molar-refractivity contribution in [3.05, 3.63) is 30.0 Å². The van der Waals surface area contributed by atoms with Gasteiger partial charge >= 0.3 is 0 Å². The van der Waals surface area contributed by atoms with E-state index in [0.717, 1.165) is 28.2 Å². The molecule has 5 nitrogen and oxygen atoms in total. The Morgan fingerprint density at radius 3 is 2.78 bits per heavy atom. The minimum atomic E-state index is -0.837. The van der Waals surface area contributed by atoms with Crippen LogP contribution in [0, 0.1) is 0 Å². The summed E-state index contributed by atoms with van der Waals surface area (Å²) in [7, 11) is 1.61. The number of hydrogen-bond donors (Lipinski definition) is 3. The van der Waals surface area contributed by atoms with Gasteiger partial charge < -0.3 is 20.1 Å². The molecule has 1 saturated heterocycles. The van der Waals surface area contributed by atoms with Crippen LogP contribution in [0.2, 0.25) is 0 Å². The maximum absolute atomic E-state index is 12.3. The average molecular weight is 352 g/mol. The number of benzene rings is 1. The van der Waals surface area contributed by atoms with Crippen LogP contribution in [0.4, 0.5) is 0 Å². The Balaban J connectivity index is 1.68. The van der Waals surface area contributed by atoms with Crippen LogP contribution in [0.25, 0.3) is 10.9 Å². The maximum atomic E-state index is 12.3. The Bertz CT molecular complexity index is 694. The number of methoxy groups -OCH3 is 1. The molecule has 0 radical (unpaired) electrons. The first-order valence-electron chi connectivity index (χ1n) is 7.42. The topological polar surface area (TPSA) is 74.3 Å². The lowest BCUT2D eigenvalue weighted by molar-refractivity contribution is 0.0751. The summed E-state index contributed by atoms with van der Waals surface area (Å²) in [5.74, 6) is 3.95. The van der Waals surface area contributed by atoms with Crippen LogP contribution in [-0.2, 0) is 0 Å². The summed E-state index contributed by atoms with van der Waals surface area (Å²) in [6.07, 6.45) is 0. The largest absolute Gasteiger partial charge is 0.497 e. The third-order valence-corrected chi connectivity index (χ3v) is 6.49. The van der Waals surface area contributed by atoms with Crippen LogP contribution in [-0.4, -0.2) is 58.3 Å². The Hall–Kier alpha value is -1.31. The third-order valence-electron chi connectivity index (χ3n) is 3.77. The molecule has 0 aliphatic carbocycles. The van der Waals surface area contributed by atoms with Gasteiger partial charge in [0.1, 0.15) is 11.4 Å². The fourth-order valence-electron chi connectivity index (χ4n) is 2.48. The number of nitrogens with one attached hydrogen (secondary N) is 2. The zero-order valence-corrected chi connectivity index (χ0v) is 14.6. The molecule has 1 aromatic heterocycles. The SMILES string of the molecule is COc1ccc2cc(C(=O)NCC3(O)CSCCSC3)[nH]c2c1. The van der Waals surface area contributed by atoms with E-state index in [2.05, 4.69) is 10.3 Å². The normalized spacial score (nSPS) is 17.7. The fourth-order valence-corrected chi connectivity index (χ4v) is 5.01. The molecule has 2 aromatic rings. The average Bonchev–Trinajstić information content (AvgIpc) is 2.87. The summed E-state index contributed by atoms with van der Waals surface area (Å²) in [6.45, 7) is 0.268. The van der Waals surface area contributed by atoms with Gasteiger partial charge in [0.2, 0.25) is 0 Å². The van der Waals surface area contributed by atoms with Crippen LogP contribution in [0.5, 0.6) is 5.75 Å². The van der Waals surface area contributed by atoms with Crippen molar-refractivity contribution < 1.29 is 14.6 Å². The number of aromatic amines is 1. The number of thioether (sulfide) groups is 2. The Morgan fingerprint density at radius 1 is 1.35 bits per heavy atom. The summed E-state index contributed by atoms with van der Waals surface area (Å²) < 4.78 is 5.19. The summed E-state index contributed by atoms with van der Waals surface area (Å²) in [5, 5.41) is 14.4. The molecule has 1 fully saturated rings. The summed E-state index contributed by atoms with van der Waals surface area (Å²) in [4.78, 5) is 15.4. The minimum absolute atomic E-state index is 0.201. The van der Waals surface area contributed by atoms with Gasteiger partial charge in [0.25, 0.3) is 5.91 Å². The highest BCUT2D eigenvalue weighted by molar-refractivity contribution is 8.03. The highest BCUT2D eigenvalue weighted by atomic mass is 32.2. The lowest BCUT2D eigenvalue weighted by atomic mass is 10.1. The van der Waals surface area contributed by atoms with Crippen molar-refractivity contribution in [3.63, 3.8) is 0 Å². The number of H-pyrrole nitrogens is 1. The lowest BCUT2D eigenvalue weighted by Crippen LogP contribution is -2.46. The van der Waals surface area contributed by atoms with Crippen molar-refractivity contribution in [2.24, 2.45) is 0 Å². The van der Waals surface area contributed by atoms with E-state index in [4.69, 9.17) is 4.74 Å². The van der Waals surface area contributed by atoms with Crippen LogP contribution < -0.4 is 10.1 Å². The van der Waals surface area contributed by atoms with E-state index in [1.165, 1.54) is 0 Å². The molecule has 0 spiro atoms. The van der Waals surface area contributed by atoms with Crippen LogP contribution in [0.1, 0.15) is 10.5 Å². The van der Waals surface area contributed by atoms with Crippen LogP contribution in [0.3, 0.4) is 0 Å². The Morgan fingerprint density at radius 2 is 2.09 bits per heavy atom. The van der Waals surface area contributed by atoms with Gasteiger partial charge in [-0.15, -0.1) is 0 Å². The van der Waals surface area contributed by atoms with Gasteiger partial charge in [-0.1, -0.05) is 0 Å². The van der Waals surface area contributed by atoms with Crippen molar-refractivity contribution in [3.8, 4) is 5.75 Å². The minimum Gasteiger partial charge on any atom is -0.497 e. The molecule has 0 saturated carbocycles. The molecule has 0 bridgehead atoms. The molecule has 1 aromatic carbocycles. The first-order valence-corrected chi connectivity index (χ1v) is 9.73. The molecule has 3 rings (SSSR count). The molecule has 1 aliphatic rings. The Kier molecular flexibility index (Phi) is 5.08. The lowest BCUT2D eigenvalue weighted by Gasteiger charge is -2.25. The molecule has 0 unspecified atom stereocenters. The van der Waals surface area contributed by atoms with E-state index < -0.39 is 5.60 Å². The number of amides is 1. The third kappa shape index (κ3) is 3.97. The number of carbonyl (C=O) groups is 1. The number of rotatable bonds is 4. The van der Waals surface area contributed by atoms with Crippen LogP contribution >= 0.6 is 23.5 Å². The van der Waals surface area contributed by atoms with Gasteiger partial charge in [-0.3, -0.25) is 4.79 Å². The van der Waals surface area contributed by atoms with E-state index in [0.29, 0.717) is 17.2 Å². The molecular formula is C16H20N2O3S2. The van der Waals surface area contributed by atoms with E-state index in [9.17, 15) is 9.90 Å². The first kappa shape index (κ1) is 16.5. The van der Waals surface area contributed by atoms with Crippen molar-refractivity contribution >= 4 is 40.3 Å². The van der Waals surface area contributed by atoms with E-state index in [-0.39, 0.29) is 12.5 Å². The second kappa shape index (κ2) is 7.07. The summed E-state index contributed by atoms with van der Waals surface area (Å²) in [5.41, 5.74) is 0.510. The molecule has 23 heavy (non-hydrogen) atoms. The van der Waals surface area contributed by atoms with Gasteiger partial charge in [-0.05, 0) is 18.2 Å². The van der Waals surface area contributed by atoms with Crippen molar-refractivity contribution in [1.82, 2.24) is 10.3 Å². The van der Waals surface area contributed by atoms with Gasteiger partial charge in [0.05, 0.1) is 12.7 Å². The van der Waals surface area contributed by atoms with E-state index in [1.54, 1.807) is 30.6 Å². The summed E-state index contributed by atoms with van der Waals surface area (Å²) >= 11 is 3.47. The number of fused-ring (bicyclic) bond motifs is 1. The number of hydrogen-bond acceptors (Lipinski definition) is 5. The number of ether oxygens (including phenoxy) is 1. The molecule has 3 N–H and O–H groups in total. The molecule has 1 amide bonds. The van der Waals surface area contributed by atoms with Gasteiger partial charge in [0.15, 0.2) is 0 Å². The zero-order chi connectivity index (χ0) is 16.3. The standard InChI is InChI=1S/C16H20N2O3S2/c1-21-12-3-2-11-6-14(18-13(11)7-12)15(19)17-8-16(20)9-22-4-5-23-10-16/h2-3,6-7,18,20H,4-5,8-10H2,1H3,(H,17,19). The van der Waals surface area contributed by atoms with Gasteiger partial charge in [0, 0.05) is 46.5 Å². The van der Waals surface area contributed by atoms with Crippen molar-refractivity contribution in [2.75, 3.05) is 36.7 Å². The highest BCUT2D eigenvalue weighted by Gasteiger charge is 2.29. The molecule has 1 aliphatic heterocycles. The molecule has 0 atom stereocenters.